The molecular weight excluding hydrogens is 302 g/mol. The normalized spacial score (nSPS) is 21.6. The Kier molecular flexibility index (Phi) is 4.45. The van der Waals surface area contributed by atoms with Gasteiger partial charge in [-0.05, 0) is 37.8 Å². The first-order chi connectivity index (χ1) is 11.0. The first-order valence-corrected chi connectivity index (χ1v) is 7.79. The van der Waals surface area contributed by atoms with Crippen LogP contribution in [0.15, 0.2) is 24.5 Å². The maximum atomic E-state index is 12.6. The molecule has 5 nitrogen and oxygen atoms in total. The molecule has 0 saturated heterocycles. The van der Waals surface area contributed by atoms with Crippen LogP contribution in [0.2, 0.25) is 0 Å². The van der Waals surface area contributed by atoms with Gasteiger partial charge < -0.3 is 9.88 Å². The van der Waals surface area contributed by atoms with Crippen LogP contribution in [0.5, 0.6) is 0 Å². The van der Waals surface area contributed by atoms with Crippen molar-refractivity contribution in [2.24, 2.45) is 13.0 Å². The van der Waals surface area contributed by atoms with E-state index >= 15 is 0 Å². The van der Waals surface area contributed by atoms with Gasteiger partial charge in [0.25, 0.3) is 5.91 Å². The second kappa shape index (κ2) is 6.52. The van der Waals surface area contributed by atoms with Gasteiger partial charge in [-0.2, -0.15) is 5.10 Å². The summed E-state index contributed by atoms with van der Waals surface area (Å²) >= 11 is 0. The van der Waals surface area contributed by atoms with E-state index in [1.807, 2.05) is 30.1 Å². The second-order valence-corrected chi connectivity index (χ2v) is 6.15. The predicted octanol–water partition coefficient (Wildman–Crippen LogP) is 2.97. The summed E-state index contributed by atoms with van der Waals surface area (Å²) in [4.78, 5) is 12.2. The molecule has 2 aromatic rings. The molecule has 124 valence electrons. The van der Waals surface area contributed by atoms with Crippen molar-refractivity contribution >= 4 is 5.91 Å². The minimum absolute atomic E-state index is 0.0408. The molecule has 7 heteroatoms. The summed E-state index contributed by atoms with van der Waals surface area (Å²) in [5, 5.41) is 9.79. The van der Waals surface area contributed by atoms with E-state index in [0.29, 0.717) is 37.1 Å². The number of hydrogen-bond acceptors (Lipinski definition) is 2. The van der Waals surface area contributed by atoms with Crippen LogP contribution in [-0.4, -0.2) is 33.1 Å². The predicted molar refractivity (Wildman–Crippen MR) is 82.2 cm³/mol. The third-order valence-corrected chi connectivity index (χ3v) is 4.41. The topological polar surface area (TPSA) is 62.7 Å². The Morgan fingerprint density at radius 3 is 2.74 bits per heavy atom. The zero-order valence-electron chi connectivity index (χ0n) is 12.9. The van der Waals surface area contributed by atoms with Gasteiger partial charge in [0, 0.05) is 37.0 Å². The van der Waals surface area contributed by atoms with Gasteiger partial charge in [-0.3, -0.25) is 9.89 Å². The van der Waals surface area contributed by atoms with E-state index in [4.69, 9.17) is 0 Å². The standard InChI is InChI=1S/C16H20F2N4O/c1-22-7-6-11(9-22)13-8-14(21-20-13)16(23)19-12-4-2-10(3-5-12)15(17)18/h6-10,12,15H,2-5H2,1H3,(H,19,23)(H,20,21). The molecule has 0 spiro atoms. The van der Waals surface area contributed by atoms with Crippen molar-refractivity contribution in [1.29, 1.82) is 0 Å². The monoisotopic (exact) mass is 322 g/mol. The van der Waals surface area contributed by atoms with Gasteiger partial charge in [0.05, 0.1) is 5.69 Å². The summed E-state index contributed by atoms with van der Waals surface area (Å²) < 4.78 is 27.2. The lowest BCUT2D eigenvalue weighted by Crippen LogP contribution is -2.38. The first kappa shape index (κ1) is 15.7. The summed E-state index contributed by atoms with van der Waals surface area (Å²) in [6.07, 6.45) is 3.68. The highest BCUT2D eigenvalue weighted by atomic mass is 19.3. The molecule has 0 aliphatic heterocycles. The number of rotatable bonds is 4. The average molecular weight is 322 g/mol. The highest BCUT2D eigenvalue weighted by Crippen LogP contribution is 2.29. The molecule has 2 heterocycles. The Morgan fingerprint density at radius 2 is 2.13 bits per heavy atom. The zero-order chi connectivity index (χ0) is 16.4. The fourth-order valence-electron chi connectivity index (χ4n) is 3.02. The number of carbonyl (C=O) groups is 1. The molecule has 1 amide bonds. The first-order valence-electron chi connectivity index (χ1n) is 7.79. The van der Waals surface area contributed by atoms with Gasteiger partial charge in [-0.1, -0.05) is 0 Å². The van der Waals surface area contributed by atoms with Gasteiger partial charge in [-0.25, -0.2) is 8.78 Å². The molecule has 1 saturated carbocycles. The number of aromatic nitrogens is 3. The van der Waals surface area contributed by atoms with Crippen molar-refractivity contribution in [3.8, 4) is 11.3 Å². The van der Waals surface area contributed by atoms with E-state index in [0.717, 1.165) is 5.56 Å². The van der Waals surface area contributed by atoms with Crippen LogP contribution in [-0.2, 0) is 7.05 Å². The molecule has 1 fully saturated rings. The van der Waals surface area contributed by atoms with Crippen LogP contribution in [0, 0.1) is 5.92 Å². The lowest BCUT2D eigenvalue weighted by atomic mass is 9.86. The third-order valence-electron chi connectivity index (χ3n) is 4.41. The summed E-state index contributed by atoms with van der Waals surface area (Å²) in [6, 6.07) is 3.58. The van der Waals surface area contributed by atoms with E-state index in [1.54, 1.807) is 6.07 Å². The van der Waals surface area contributed by atoms with Crippen LogP contribution in [0.1, 0.15) is 36.2 Å². The Morgan fingerprint density at radius 1 is 1.39 bits per heavy atom. The highest BCUT2D eigenvalue weighted by Gasteiger charge is 2.28. The van der Waals surface area contributed by atoms with E-state index in [1.165, 1.54) is 0 Å². The zero-order valence-corrected chi connectivity index (χ0v) is 12.9. The molecule has 2 aromatic heterocycles. The van der Waals surface area contributed by atoms with Gasteiger partial charge in [0.2, 0.25) is 6.43 Å². The fraction of sp³-hybridized carbons (Fsp3) is 0.500. The van der Waals surface area contributed by atoms with Gasteiger partial charge in [0.1, 0.15) is 5.69 Å². The number of nitrogens with zero attached hydrogens (tertiary/aromatic N) is 2. The van der Waals surface area contributed by atoms with Crippen molar-refractivity contribution in [1.82, 2.24) is 20.1 Å². The minimum atomic E-state index is -2.26. The third kappa shape index (κ3) is 3.60. The molecule has 1 aliphatic rings. The molecule has 2 N–H and O–H groups in total. The quantitative estimate of drug-likeness (QED) is 0.909. The van der Waals surface area contributed by atoms with Crippen LogP contribution in [0.4, 0.5) is 8.78 Å². The molecule has 3 rings (SSSR count). The van der Waals surface area contributed by atoms with Crippen LogP contribution >= 0.6 is 0 Å². The largest absolute Gasteiger partial charge is 0.357 e. The number of alkyl halides is 2. The molecular formula is C16H20F2N4O. The highest BCUT2D eigenvalue weighted by molar-refractivity contribution is 5.93. The number of hydrogen-bond donors (Lipinski definition) is 2. The number of nitrogens with one attached hydrogen (secondary N) is 2. The van der Waals surface area contributed by atoms with Gasteiger partial charge in [-0.15, -0.1) is 0 Å². The van der Waals surface area contributed by atoms with Crippen molar-refractivity contribution < 1.29 is 13.6 Å². The van der Waals surface area contributed by atoms with Crippen LogP contribution < -0.4 is 5.32 Å². The summed E-state index contributed by atoms with van der Waals surface area (Å²) in [5.74, 6) is -0.764. The number of halogens is 2. The average Bonchev–Trinajstić information content (AvgIpc) is 3.16. The molecule has 0 unspecified atom stereocenters. The van der Waals surface area contributed by atoms with Crippen LogP contribution in [0.25, 0.3) is 11.3 Å². The number of carbonyl (C=O) groups excluding carboxylic acids is 1. The Hall–Kier alpha value is -2.18. The summed E-state index contributed by atoms with van der Waals surface area (Å²) in [5.41, 5.74) is 2.03. The Labute approximate surface area is 133 Å². The van der Waals surface area contributed by atoms with Crippen molar-refractivity contribution in [3.05, 3.63) is 30.2 Å². The number of amides is 1. The number of aryl methyl sites for hydroxylation is 1. The molecule has 0 atom stereocenters. The minimum Gasteiger partial charge on any atom is -0.357 e. The summed E-state index contributed by atoms with van der Waals surface area (Å²) in [7, 11) is 1.92. The van der Waals surface area contributed by atoms with Gasteiger partial charge >= 0.3 is 0 Å². The second-order valence-electron chi connectivity index (χ2n) is 6.15. The van der Waals surface area contributed by atoms with Crippen molar-refractivity contribution in [3.63, 3.8) is 0 Å². The lowest BCUT2D eigenvalue weighted by molar-refractivity contribution is 0.0499. The maximum absolute atomic E-state index is 12.6. The smallest absolute Gasteiger partial charge is 0.269 e. The number of aromatic amines is 1. The van der Waals surface area contributed by atoms with E-state index in [-0.39, 0.29) is 11.9 Å². The van der Waals surface area contributed by atoms with E-state index < -0.39 is 12.3 Å². The van der Waals surface area contributed by atoms with E-state index in [9.17, 15) is 13.6 Å². The Bertz CT molecular complexity index is 671. The van der Waals surface area contributed by atoms with Crippen LogP contribution in [0.3, 0.4) is 0 Å². The fourth-order valence-corrected chi connectivity index (χ4v) is 3.02. The molecule has 1 aliphatic carbocycles. The van der Waals surface area contributed by atoms with Crippen molar-refractivity contribution in [2.75, 3.05) is 0 Å². The summed E-state index contributed by atoms with van der Waals surface area (Å²) in [6.45, 7) is 0. The van der Waals surface area contributed by atoms with Gasteiger partial charge in [0.15, 0.2) is 0 Å². The van der Waals surface area contributed by atoms with Crippen molar-refractivity contribution in [2.45, 2.75) is 38.2 Å². The molecule has 0 radical (unpaired) electrons. The SMILES string of the molecule is Cn1ccc(-c2cc(C(=O)NC3CCC(C(F)F)CC3)[nH]n2)c1. The Balaban J connectivity index is 1.58. The molecule has 0 bridgehead atoms. The molecule has 0 aromatic carbocycles. The maximum Gasteiger partial charge on any atom is 0.269 e. The number of H-pyrrole nitrogens is 1. The molecule has 23 heavy (non-hydrogen) atoms. The lowest BCUT2D eigenvalue weighted by Gasteiger charge is -2.28. The van der Waals surface area contributed by atoms with E-state index in [2.05, 4.69) is 15.5 Å².